The van der Waals surface area contributed by atoms with Gasteiger partial charge in [-0.05, 0) is 25.1 Å². The predicted molar refractivity (Wildman–Crippen MR) is 91.1 cm³/mol. The summed E-state index contributed by atoms with van der Waals surface area (Å²) in [6.45, 7) is -1.76. The molecule has 0 spiro atoms. The molecule has 0 bridgehead atoms. The van der Waals surface area contributed by atoms with E-state index in [1.165, 1.54) is 37.3 Å². The van der Waals surface area contributed by atoms with E-state index in [4.69, 9.17) is 5.26 Å². The van der Waals surface area contributed by atoms with Gasteiger partial charge in [-0.25, -0.2) is 4.98 Å². The third-order valence-electron chi connectivity index (χ3n) is 3.25. The number of pyridine rings is 1. The van der Waals surface area contributed by atoms with Gasteiger partial charge in [0.1, 0.15) is 16.8 Å². The van der Waals surface area contributed by atoms with Gasteiger partial charge in [-0.2, -0.15) is 27.2 Å². The molecule has 0 saturated carbocycles. The third-order valence-corrected chi connectivity index (χ3v) is 4.22. The van der Waals surface area contributed by atoms with Crippen molar-refractivity contribution in [3.8, 4) is 11.8 Å². The minimum Gasteiger partial charge on any atom is -0.433 e. The van der Waals surface area contributed by atoms with Crippen molar-refractivity contribution in [1.29, 1.82) is 5.26 Å². The number of alkyl halides is 5. The van der Waals surface area contributed by atoms with Crippen LogP contribution in [0.4, 0.5) is 27.6 Å². The Labute approximate surface area is 160 Å². The summed E-state index contributed by atoms with van der Waals surface area (Å²) in [5.41, 5.74) is -1.81. The van der Waals surface area contributed by atoms with E-state index in [0.29, 0.717) is 11.8 Å². The fraction of sp³-hybridized carbons (Fsp3) is 0.235. The number of rotatable bonds is 6. The number of hydrogen-bond acceptors (Lipinski definition) is 5. The Hall–Kier alpha value is -2.87. The minimum absolute atomic E-state index is 0.0258. The number of aryl methyl sites for hydroxylation is 1. The Balaban J connectivity index is 2.16. The summed E-state index contributed by atoms with van der Waals surface area (Å²) in [4.78, 5) is 16.0. The molecule has 0 aliphatic carbocycles. The Kier molecular flexibility index (Phi) is 6.80. The van der Waals surface area contributed by atoms with E-state index >= 15 is 0 Å². The van der Waals surface area contributed by atoms with Gasteiger partial charge >= 0.3 is 12.8 Å². The average Bonchev–Trinajstić information content (AvgIpc) is 2.60. The molecule has 28 heavy (non-hydrogen) atoms. The number of ether oxygens (including phenoxy) is 1. The number of carbonyl (C=O) groups excluding carboxylic acids is 1. The fourth-order valence-corrected chi connectivity index (χ4v) is 3.02. The van der Waals surface area contributed by atoms with E-state index in [-0.39, 0.29) is 22.2 Å². The third kappa shape index (κ3) is 5.56. The zero-order valence-electron chi connectivity index (χ0n) is 14.2. The highest BCUT2D eigenvalue weighted by molar-refractivity contribution is 8.00. The van der Waals surface area contributed by atoms with Crippen LogP contribution in [0.3, 0.4) is 0 Å². The highest BCUT2D eigenvalue weighted by atomic mass is 32.2. The van der Waals surface area contributed by atoms with Gasteiger partial charge in [0.25, 0.3) is 0 Å². The van der Waals surface area contributed by atoms with Gasteiger partial charge < -0.3 is 10.1 Å². The monoisotopic (exact) mass is 417 g/mol. The lowest BCUT2D eigenvalue weighted by Gasteiger charge is -2.13. The maximum Gasteiger partial charge on any atom is 0.417 e. The number of nitrogens with zero attached hydrogens (tertiary/aromatic N) is 2. The van der Waals surface area contributed by atoms with Crippen LogP contribution in [0, 0.1) is 18.3 Å². The summed E-state index contributed by atoms with van der Waals surface area (Å²) in [5.74, 6) is -1.36. The van der Waals surface area contributed by atoms with Crippen LogP contribution in [-0.4, -0.2) is 23.3 Å². The minimum atomic E-state index is -4.75. The topological polar surface area (TPSA) is 75.0 Å². The molecular formula is C17H12F5N3O2S. The van der Waals surface area contributed by atoms with Crippen molar-refractivity contribution in [1.82, 2.24) is 4.98 Å². The van der Waals surface area contributed by atoms with Crippen molar-refractivity contribution >= 4 is 23.4 Å². The lowest BCUT2D eigenvalue weighted by molar-refractivity contribution is -0.138. The second kappa shape index (κ2) is 8.88. The summed E-state index contributed by atoms with van der Waals surface area (Å²) in [5, 5.41) is 11.2. The van der Waals surface area contributed by atoms with Crippen LogP contribution in [0.15, 0.2) is 35.4 Å². The summed E-state index contributed by atoms with van der Waals surface area (Å²) in [7, 11) is 0. The zero-order valence-corrected chi connectivity index (χ0v) is 15.0. The van der Waals surface area contributed by atoms with Crippen molar-refractivity contribution in [2.75, 3.05) is 11.1 Å². The van der Waals surface area contributed by atoms with Gasteiger partial charge in [-0.3, -0.25) is 4.79 Å². The van der Waals surface area contributed by atoms with E-state index in [9.17, 15) is 26.7 Å². The number of hydrogen-bond donors (Lipinski definition) is 1. The Morgan fingerprint density at radius 1 is 1.36 bits per heavy atom. The normalized spacial score (nSPS) is 11.2. The van der Waals surface area contributed by atoms with E-state index in [2.05, 4.69) is 15.0 Å². The molecule has 1 N–H and O–H groups in total. The zero-order chi connectivity index (χ0) is 20.9. The lowest BCUT2D eigenvalue weighted by atomic mass is 10.1. The number of nitriles is 1. The number of halogens is 5. The molecule has 0 aliphatic heterocycles. The van der Waals surface area contributed by atoms with Crippen LogP contribution in [0.1, 0.15) is 16.8 Å². The van der Waals surface area contributed by atoms with E-state index in [0.717, 1.165) is 6.07 Å². The number of benzene rings is 1. The van der Waals surface area contributed by atoms with Crippen molar-refractivity contribution in [2.45, 2.75) is 24.7 Å². The number of aromatic nitrogens is 1. The number of amides is 1. The van der Waals surface area contributed by atoms with Crippen LogP contribution in [0.5, 0.6) is 5.75 Å². The lowest BCUT2D eigenvalue weighted by Crippen LogP contribution is -2.16. The molecule has 0 saturated heterocycles. The van der Waals surface area contributed by atoms with Crippen LogP contribution in [0.2, 0.25) is 0 Å². The van der Waals surface area contributed by atoms with Gasteiger partial charge in [-0.15, -0.1) is 0 Å². The molecule has 1 aromatic heterocycles. The first-order valence-corrected chi connectivity index (χ1v) is 8.55. The quantitative estimate of drug-likeness (QED) is 0.549. The highest BCUT2D eigenvalue weighted by Gasteiger charge is 2.35. The van der Waals surface area contributed by atoms with Crippen molar-refractivity contribution in [3.63, 3.8) is 0 Å². The molecule has 2 rings (SSSR count). The molecule has 148 valence electrons. The molecule has 1 heterocycles. The molecule has 11 heteroatoms. The van der Waals surface area contributed by atoms with Gasteiger partial charge in [0, 0.05) is 5.69 Å². The molecule has 2 aromatic rings. The van der Waals surface area contributed by atoms with Crippen molar-refractivity contribution < 1.29 is 31.5 Å². The van der Waals surface area contributed by atoms with Crippen LogP contribution in [-0.2, 0) is 11.0 Å². The molecule has 0 fully saturated rings. The summed E-state index contributed by atoms with van der Waals surface area (Å²) >= 11 is 0.629. The van der Waals surface area contributed by atoms with E-state index < -0.39 is 35.6 Å². The fourth-order valence-electron chi connectivity index (χ4n) is 2.17. The standard InChI is InChI=1S/C17H12F5N3O2S/c1-9-6-11(17(20,21)22)10(7-23)15(24-9)28-8-14(26)25-12-4-2-3-5-13(12)27-16(18)19/h2-6,16H,8H2,1H3,(H,25,26). The second-order valence-corrected chi connectivity index (χ2v) is 6.28. The molecule has 0 atom stereocenters. The van der Waals surface area contributed by atoms with Gasteiger partial charge in [0.15, 0.2) is 0 Å². The Bertz CT molecular complexity index is 913. The molecule has 5 nitrogen and oxygen atoms in total. The maximum atomic E-state index is 13.1. The van der Waals surface area contributed by atoms with E-state index in [1.54, 1.807) is 0 Å². The average molecular weight is 417 g/mol. The molecule has 1 amide bonds. The molecule has 0 unspecified atom stereocenters. The largest absolute Gasteiger partial charge is 0.433 e. The first kappa shape index (κ1) is 21.4. The summed E-state index contributed by atoms with van der Waals surface area (Å²) in [6.07, 6.45) is -4.75. The van der Waals surface area contributed by atoms with Crippen LogP contribution in [0.25, 0.3) is 0 Å². The maximum absolute atomic E-state index is 13.1. The Morgan fingerprint density at radius 2 is 2.04 bits per heavy atom. The van der Waals surface area contributed by atoms with E-state index in [1.807, 2.05) is 0 Å². The smallest absolute Gasteiger partial charge is 0.417 e. The molecule has 0 radical (unpaired) electrons. The number of para-hydroxylation sites is 2. The first-order valence-electron chi connectivity index (χ1n) is 7.57. The summed E-state index contributed by atoms with van der Waals surface area (Å²) < 4.78 is 68.3. The SMILES string of the molecule is Cc1cc(C(F)(F)F)c(C#N)c(SCC(=O)Nc2ccccc2OC(F)F)n1. The number of nitrogens with one attached hydrogen (secondary N) is 1. The number of carbonyl (C=O) groups is 1. The Morgan fingerprint density at radius 3 is 2.64 bits per heavy atom. The van der Waals surface area contributed by atoms with Gasteiger partial charge in [0.2, 0.25) is 5.91 Å². The highest BCUT2D eigenvalue weighted by Crippen LogP contribution is 2.36. The van der Waals surface area contributed by atoms with Crippen LogP contribution < -0.4 is 10.1 Å². The molecular weight excluding hydrogens is 405 g/mol. The predicted octanol–water partition coefficient (Wildman–Crippen LogP) is 4.61. The van der Waals surface area contributed by atoms with Crippen LogP contribution >= 0.6 is 11.8 Å². The number of thioether (sulfide) groups is 1. The second-order valence-electron chi connectivity index (χ2n) is 5.31. The summed E-state index contributed by atoms with van der Waals surface area (Å²) in [6, 6.07) is 7.67. The molecule has 1 aromatic carbocycles. The first-order chi connectivity index (χ1) is 13.1. The van der Waals surface area contributed by atoms with Gasteiger partial charge in [-0.1, -0.05) is 23.9 Å². The van der Waals surface area contributed by atoms with Gasteiger partial charge in [0.05, 0.1) is 22.6 Å². The van der Waals surface area contributed by atoms with Crippen molar-refractivity contribution in [3.05, 3.63) is 47.2 Å². The molecule has 0 aliphatic rings. The number of anilines is 1. The van der Waals surface area contributed by atoms with Crippen molar-refractivity contribution in [2.24, 2.45) is 0 Å².